The Labute approximate surface area is 268 Å². The number of carbonyl (C=O) groups is 3. The lowest BCUT2D eigenvalue weighted by Gasteiger charge is -2.35. The van der Waals surface area contributed by atoms with Crippen molar-refractivity contribution >= 4 is 23.6 Å². The Hall–Kier alpha value is -4.33. The topological polar surface area (TPSA) is 108 Å². The van der Waals surface area contributed by atoms with Gasteiger partial charge in [-0.3, -0.25) is 9.59 Å². The third-order valence-corrected chi connectivity index (χ3v) is 7.64. The number of para-hydroxylation sites is 1. The lowest BCUT2D eigenvalue weighted by molar-refractivity contribution is -0.140. The Morgan fingerprint density at radius 1 is 0.867 bits per heavy atom. The van der Waals surface area contributed by atoms with E-state index in [1.54, 1.807) is 49.9 Å². The van der Waals surface area contributed by atoms with Gasteiger partial charge < -0.3 is 25.4 Å². The van der Waals surface area contributed by atoms with Crippen LogP contribution >= 0.6 is 0 Å². The van der Waals surface area contributed by atoms with Gasteiger partial charge in [-0.15, -0.1) is 0 Å². The first-order chi connectivity index (χ1) is 21.3. The van der Waals surface area contributed by atoms with Crippen LogP contribution in [0.2, 0.25) is 0 Å². The van der Waals surface area contributed by atoms with Gasteiger partial charge in [0.05, 0.1) is 0 Å². The van der Waals surface area contributed by atoms with E-state index in [1.165, 1.54) is 0 Å². The summed E-state index contributed by atoms with van der Waals surface area (Å²) in [6.45, 7) is 13.6. The molecule has 0 bridgehead atoms. The van der Waals surface area contributed by atoms with E-state index in [2.05, 4.69) is 24.5 Å². The number of phenolic OH excluding ortho intramolecular Hbond substituents is 1. The number of aromatic hydroxyl groups is 1. The molecule has 242 valence electrons. The summed E-state index contributed by atoms with van der Waals surface area (Å²) in [6.07, 6.45) is 2.74. The highest BCUT2D eigenvalue weighted by atomic mass is 16.6. The summed E-state index contributed by atoms with van der Waals surface area (Å²) in [5, 5.41) is 15.7. The number of nitrogens with zero attached hydrogens (tertiary/aromatic N) is 1. The molecule has 2 atom stereocenters. The van der Waals surface area contributed by atoms with Crippen molar-refractivity contribution in [1.82, 2.24) is 10.2 Å². The van der Waals surface area contributed by atoms with E-state index >= 15 is 0 Å². The minimum atomic E-state index is -1.03. The lowest BCUT2D eigenvalue weighted by atomic mass is 9.98. The molecule has 2 unspecified atom stereocenters. The van der Waals surface area contributed by atoms with Crippen molar-refractivity contribution < 1.29 is 24.2 Å². The standard InChI is InChI=1S/C37H49N3O5/c1-8-10-11-23-40(35(43)31(38-36(44)45-37(5,6)7)24-28-17-21-30(41)22-18-28)33(29-19-15-27(9-2)16-20-29)34(42)39-32-25(3)13-12-14-26(32)4/h12-22,31,33,41H,8-11,23-24H2,1-7H3,(H,38,44)(H,39,42). The second-order valence-electron chi connectivity index (χ2n) is 12.6. The molecule has 0 spiro atoms. The first kappa shape index (κ1) is 35.2. The number of alkyl carbamates (subject to hydrolysis) is 1. The zero-order chi connectivity index (χ0) is 33.1. The molecule has 3 aromatic rings. The van der Waals surface area contributed by atoms with Crippen LogP contribution < -0.4 is 10.6 Å². The molecular formula is C37H49N3O5. The molecule has 0 saturated heterocycles. The van der Waals surface area contributed by atoms with Crippen molar-refractivity contribution in [3.8, 4) is 5.75 Å². The van der Waals surface area contributed by atoms with Crippen LogP contribution in [0.15, 0.2) is 66.7 Å². The molecular weight excluding hydrogens is 566 g/mol. The second kappa shape index (κ2) is 16.1. The average Bonchev–Trinajstić information content (AvgIpc) is 2.98. The van der Waals surface area contributed by atoms with E-state index in [0.29, 0.717) is 24.2 Å². The van der Waals surface area contributed by atoms with Crippen molar-refractivity contribution in [3.05, 3.63) is 94.5 Å². The summed E-state index contributed by atoms with van der Waals surface area (Å²) in [4.78, 5) is 43.6. The molecule has 3 aromatic carbocycles. The number of rotatable bonds is 13. The molecule has 8 heteroatoms. The Morgan fingerprint density at radius 2 is 1.47 bits per heavy atom. The fourth-order valence-electron chi connectivity index (χ4n) is 5.23. The van der Waals surface area contributed by atoms with Gasteiger partial charge in [-0.05, 0) is 87.4 Å². The van der Waals surface area contributed by atoms with Crippen LogP contribution in [0.4, 0.5) is 10.5 Å². The number of aryl methyl sites for hydroxylation is 3. The number of hydrogen-bond acceptors (Lipinski definition) is 5. The second-order valence-corrected chi connectivity index (χ2v) is 12.6. The predicted molar refractivity (Wildman–Crippen MR) is 179 cm³/mol. The number of nitrogens with one attached hydrogen (secondary N) is 2. The molecule has 3 amide bonds. The number of unbranched alkanes of at least 4 members (excludes halogenated alkanes) is 2. The van der Waals surface area contributed by atoms with E-state index in [1.807, 2.05) is 56.3 Å². The van der Waals surface area contributed by atoms with Gasteiger partial charge in [0.25, 0.3) is 5.91 Å². The predicted octanol–water partition coefficient (Wildman–Crippen LogP) is 7.41. The van der Waals surface area contributed by atoms with E-state index in [9.17, 15) is 19.5 Å². The van der Waals surface area contributed by atoms with Crippen molar-refractivity contribution in [2.45, 2.75) is 98.3 Å². The van der Waals surface area contributed by atoms with E-state index in [4.69, 9.17) is 4.74 Å². The molecule has 3 rings (SSSR count). The van der Waals surface area contributed by atoms with E-state index in [-0.39, 0.29) is 18.1 Å². The number of amides is 3. The Kier molecular flexibility index (Phi) is 12.6. The molecule has 0 heterocycles. The van der Waals surface area contributed by atoms with Crippen molar-refractivity contribution in [2.24, 2.45) is 0 Å². The summed E-state index contributed by atoms with van der Waals surface area (Å²) in [7, 11) is 0. The number of phenols is 1. The van der Waals surface area contributed by atoms with Crippen LogP contribution in [-0.4, -0.2) is 46.1 Å². The van der Waals surface area contributed by atoms with Crippen LogP contribution in [0, 0.1) is 13.8 Å². The maximum atomic E-state index is 14.7. The van der Waals surface area contributed by atoms with E-state index in [0.717, 1.165) is 41.5 Å². The number of carbonyl (C=O) groups excluding carboxylic acids is 3. The fraction of sp³-hybridized carbons (Fsp3) is 0.432. The van der Waals surface area contributed by atoms with E-state index < -0.39 is 29.7 Å². The minimum absolute atomic E-state index is 0.0988. The third kappa shape index (κ3) is 10.4. The lowest BCUT2D eigenvalue weighted by Crippen LogP contribution is -2.53. The molecule has 0 fully saturated rings. The van der Waals surface area contributed by atoms with Gasteiger partial charge in [-0.25, -0.2) is 4.79 Å². The SMILES string of the molecule is CCCCCN(C(=O)C(Cc1ccc(O)cc1)NC(=O)OC(C)(C)C)C(C(=O)Nc1c(C)cccc1C)c1ccc(CC)cc1. The quantitative estimate of drug-likeness (QED) is 0.174. The normalized spacial score (nSPS) is 12.6. The molecule has 3 N–H and O–H groups in total. The molecule has 0 aliphatic heterocycles. The van der Waals surface area contributed by atoms with Gasteiger partial charge in [0.2, 0.25) is 5.91 Å². The average molecular weight is 616 g/mol. The summed E-state index contributed by atoms with van der Waals surface area (Å²) < 4.78 is 5.54. The van der Waals surface area contributed by atoms with Crippen molar-refractivity contribution in [2.75, 3.05) is 11.9 Å². The first-order valence-corrected chi connectivity index (χ1v) is 15.9. The molecule has 0 aromatic heterocycles. The molecule has 0 aliphatic rings. The van der Waals surface area contributed by atoms with Crippen molar-refractivity contribution in [3.63, 3.8) is 0 Å². The highest BCUT2D eigenvalue weighted by molar-refractivity contribution is 6.00. The summed E-state index contributed by atoms with van der Waals surface area (Å²) in [6, 6.07) is 18.1. The smallest absolute Gasteiger partial charge is 0.408 e. The number of benzene rings is 3. The van der Waals surface area contributed by atoms with Crippen molar-refractivity contribution in [1.29, 1.82) is 0 Å². The number of ether oxygens (including phenoxy) is 1. The molecule has 0 aliphatic carbocycles. The van der Waals surface area contributed by atoms with Crippen LogP contribution in [0.3, 0.4) is 0 Å². The van der Waals surface area contributed by atoms with Crippen LogP contribution in [0.5, 0.6) is 5.75 Å². The Bertz CT molecular complexity index is 1410. The number of hydrogen-bond donors (Lipinski definition) is 3. The van der Waals surface area contributed by atoms with Gasteiger partial charge in [0, 0.05) is 18.7 Å². The van der Waals surface area contributed by atoms with Gasteiger partial charge in [-0.1, -0.05) is 81.3 Å². The first-order valence-electron chi connectivity index (χ1n) is 15.9. The van der Waals surface area contributed by atoms with Crippen LogP contribution in [0.25, 0.3) is 0 Å². The zero-order valence-corrected chi connectivity index (χ0v) is 27.8. The van der Waals surface area contributed by atoms with Crippen LogP contribution in [0.1, 0.15) is 87.7 Å². The van der Waals surface area contributed by atoms with Gasteiger partial charge in [0.1, 0.15) is 23.4 Å². The summed E-state index contributed by atoms with van der Waals surface area (Å²) in [5.41, 5.74) is 4.32. The highest BCUT2D eigenvalue weighted by Gasteiger charge is 2.36. The maximum absolute atomic E-state index is 14.7. The monoisotopic (exact) mass is 615 g/mol. The Balaban J connectivity index is 2.11. The largest absolute Gasteiger partial charge is 0.508 e. The van der Waals surface area contributed by atoms with Gasteiger partial charge in [0.15, 0.2) is 0 Å². The maximum Gasteiger partial charge on any atom is 0.408 e. The Morgan fingerprint density at radius 3 is 2.02 bits per heavy atom. The number of anilines is 1. The zero-order valence-electron chi connectivity index (χ0n) is 27.8. The van der Waals surface area contributed by atoms with Gasteiger partial charge in [-0.2, -0.15) is 0 Å². The fourth-order valence-corrected chi connectivity index (χ4v) is 5.23. The molecule has 0 radical (unpaired) electrons. The highest BCUT2D eigenvalue weighted by Crippen LogP contribution is 2.28. The molecule has 8 nitrogen and oxygen atoms in total. The molecule has 45 heavy (non-hydrogen) atoms. The minimum Gasteiger partial charge on any atom is -0.508 e. The van der Waals surface area contributed by atoms with Gasteiger partial charge >= 0.3 is 6.09 Å². The summed E-state index contributed by atoms with van der Waals surface area (Å²) >= 11 is 0. The van der Waals surface area contributed by atoms with Crippen LogP contribution in [-0.2, 0) is 27.2 Å². The third-order valence-electron chi connectivity index (χ3n) is 7.64. The molecule has 0 saturated carbocycles. The summed E-state index contributed by atoms with van der Waals surface area (Å²) in [5.74, 6) is -0.630.